The summed E-state index contributed by atoms with van der Waals surface area (Å²) in [5.74, 6) is 0.452. The quantitative estimate of drug-likeness (QED) is 0.194. The zero-order valence-corrected chi connectivity index (χ0v) is 18.3. The molecule has 0 aliphatic heterocycles. The fraction of sp³-hybridized carbons (Fsp3) is 0. The second kappa shape index (κ2) is 9.40. The number of nitro groups is 1. The summed E-state index contributed by atoms with van der Waals surface area (Å²) in [5, 5.41) is 15.8. The van der Waals surface area contributed by atoms with Gasteiger partial charge in [-0.2, -0.15) is 5.10 Å². The Labute approximate surface area is 199 Å². The minimum Gasteiger partial charge on any atom is -0.455 e. The van der Waals surface area contributed by atoms with Crippen LogP contribution in [0.2, 0.25) is 0 Å². The second-order valence-corrected chi connectivity index (χ2v) is 7.65. The van der Waals surface area contributed by atoms with Gasteiger partial charge in [-0.15, -0.1) is 0 Å². The van der Waals surface area contributed by atoms with E-state index in [0.29, 0.717) is 39.2 Å². The summed E-state index contributed by atoms with van der Waals surface area (Å²) in [6.07, 6.45) is 1.38. The average molecular weight is 462 g/mol. The summed E-state index contributed by atoms with van der Waals surface area (Å²) >= 11 is 0. The van der Waals surface area contributed by atoms with Gasteiger partial charge in [0.05, 0.1) is 27.9 Å². The molecule has 0 unspecified atom stereocenters. The van der Waals surface area contributed by atoms with Crippen molar-refractivity contribution in [3.05, 3.63) is 118 Å². The molecule has 0 atom stereocenters. The highest BCUT2D eigenvalue weighted by atomic mass is 16.6. The number of aromatic nitrogens is 1. The van der Waals surface area contributed by atoms with Crippen molar-refractivity contribution in [2.24, 2.45) is 5.10 Å². The number of hydrazone groups is 1. The number of amides is 1. The van der Waals surface area contributed by atoms with Crippen LogP contribution in [0.4, 0.5) is 5.69 Å². The van der Waals surface area contributed by atoms with E-state index in [9.17, 15) is 14.9 Å². The average Bonchev–Trinajstić information content (AvgIpc) is 3.37. The Morgan fingerprint density at radius 3 is 2.51 bits per heavy atom. The number of nitro benzene ring substituents is 1. The van der Waals surface area contributed by atoms with E-state index < -0.39 is 4.92 Å². The van der Waals surface area contributed by atoms with Gasteiger partial charge in [0.2, 0.25) is 0 Å². The molecule has 8 nitrogen and oxygen atoms in total. The summed E-state index contributed by atoms with van der Waals surface area (Å²) in [6, 6.07) is 28.3. The molecular weight excluding hydrogens is 444 g/mol. The lowest BCUT2D eigenvalue weighted by atomic mass is 10.0. The molecule has 2 aromatic heterocycles. The SMILES string of the molecule is O=C(N/N=C/c1ccc(-c2cccc([N+](=O)[O-])c2)o1)c1cc(-c2ccccc2)nc2ccccc12. The Morgan fingerprint density at radius 2 is 1.69 bits per heavy atom. The molecule has 0 aliphatic carbocycles. The molecule has 0 saturated carbocycles. The van der Waals surface area contributed by atoms with Gasteiger partial charge in [0.1, 0.15) is 11.5 Å². The summed E-state index contributed by atoms with van der Waals surface area (Å²) < 4.78 is 5.71. The molecule has 0 bridgehead atoms. The first-order valence-corrected chi connectivity index (χ1v) is 10.7. The van der Waals surface area contributed by atoms with Crippen molar-refractivity contribution in [3.8, 4) is 22.6 Å². The molecule has 5 aromatic rings. The van der Waals surface area contributed by atoms with Crippen LogP contribution >= 0.6 is 0 Å². The highest BCUT2D eigenvalue weighted by molar-refractivity contribution is 6.07. The number of pyridine rings is 1. The molecule has 2 heterocycles. The molecule has 170 valence electrons. The summed E-state index contributed by atoms with van der Waals surface area (Å²) in [6.45, 7) is 0. The topological polar surface area (TPSA) is 111 Å². The van der Waals surface area contributed by atoms with Crippen LogP contribution in [0.5, 0.6) is 0 Å². The molecule has 8 heteroatoms. The number of para-hydroxylation sites is 1. The van der Waals surface area contributed by atoms with Crippen molar-refractivity contribution in [1.82, 2.24) is 10.4 Å². The predicted molar refractivity (Wildman–Crippen MR) is 133 cm³/mol. The second-order valence-electron chi connectivity index (χ2n) is 7.65. The van der Waals surface area contributed by atoms with Crippen LogP contribution < -0.4 is 5.43 Å². The van der Waals surface area contributed by atoms with E-state index in [1.807, 2.05) is 54.6 Å². The zero-order valence-electron chi connectivity index (χ0n) is 18.3. The molecular formula is C27H18N4O4. The fourth-order valence-corrected chi connectivity index (χ4v) is 3.68. The number of non-ortho nitro benzene ring substituents is 1. The molecule has 0 spiro atoms. The number of furan rings is 1. The van der Waals surface area contributed by atoms with Crippen LogP contribution in [0, 0.1) is 10.1 Å². The Morgan fingerprint density at radius 1 is 0.914 bits per heavy atom. The van der Waals surface area contributed by atoms with Gasteiger partial charge < -0.3 is 4.42 Å². The number of hydrogen-bond donors (Lipinski definition) is 1. The van der Waals surface area contributed by atoms with E-state index in [2.05, 4.69) is 15.5 Å². The Hall–Kier alpha value is -5.11. The first-order chi connectivity index (χ1) is 17.1. The minimum atomic E-state index is -0.462. The van der Waals surface area contributed by atoms with E-state index in [0.717, 1.165) is 5.56 Å². The molecule has 1 N–H and O–H groups in total. The smallest absolute Gasteiger partial charge is 0.272 e. The molecule has 3 aromatic carbocycles. The van der Waals surface area contributed by atoms with Crippen LogP contribution in [0.3, 0.4) is 0 Å². The standard InChI is InChI=1S/C27H18N4O4/c32-27(23-16-25(18-7-2-1-3-8-18)29-24-12-5-4-11-22(23)24)30-28-17-21-13-14-26(35-21)19-9-6-10-20(15-19)31(33)34/h1-17H,(H,30,32)/b28-17+. The lowest BCUT2D eigenvalue weighted by Crippen LogP contribution is -2.18. The Kier molecular flexibility index (Phi) is 5.83. The fourth-order valence-electron chi connectivity index (χ4n) is 3.68. The largest absolute Gasteiger partial charge is 0.455 e. The van der Waals surface area contributed by atoms with Crippen LogP contribution in [-0.2, 0) is 0 Å². The third-order valence-corrected chi connectivity index (χ3v) is 5.36. The van der Waals surface area contributed by atoms with Crippen LogP contribution in [-0.4, -0.2) is 22.0 Å². The van der Waals surface area contributed by atoms with Gasteiger partial charge >= 0.3 is 0 Å². The zero-order chi connectivity index (χ0) is 24.2. The van der Waals surface area contributed by atoms with Gasteiger partial charge in [0, 0.05) is 28.6 Å². The van der Waals surface area contributed by atoms with Gasteiger partial charge in [0.25, 0.3) is 11.6 Å². The van der Waals surface area contributed by atoms with Gasteiger partial charge in [-0.1, -0.05) is 60.7 Å². The molecule has 1 amide bonds. The van der Waals surface area contributed by atoms with Crippen LogP contribution in [0.25, 0.3) is 33.5 Å². The van der Waals surface area contributed by atoms with E-state index in [4.69, 9.17) is 4.42 Å². The van der Waals surface area contributed by atoms with Crippen LogP contribution in [0.1, 0.15) is 16.1 Å². The van der Waals surface area contributed by atoms with E-state index >= 15 is 0 Å². The maximum absolute atomic E-state index is 13.0. The lowest BCUT2D eigenvalue weighted by Gasteiger charge is -2.09. The number of fused-ring (bicyclic) bond motifs is 1. The monoisotopic (exact) mass is 462 g/mol. The number of nitrogens with zero attached hydrogens (tertiary/aromatic N) is 3. The molecule has 0 saturated heterocycles. The molecule has 0 fully saturated rings. The predicted octanol–water partition coefficient (Wildman–Crippen LogP) is 5.83. The highest BCUT2D eigenvalue weighted by Gasteiger charge is 2.14. The number of carbonyl (C=O) groups excluding carboxylic acids is 1. The van der Waals surface area contributed by atoms with Gasteiger partial charge in [-0.3, -0.25) is 14.9 Å². The maximum atomic E-state index is 13.0. The van der Waals surface area contributed by atoms with Gasteiger partial charge in [-0.25, -0.2) is 10.4 Å². The maximum Gasteiger partial charge on any atom is 0.272 e. The third-order valence-electron chi connectivity index (χ3n) is 5.36. The molecule has 0 aliphatic rings. The van der Waals surface area contributed by atoms with Gasteiger partial charge in [-0.05, 0) is 24.3 Å². The Bertz CT molecular complexity index is 1580. The van der Waals surface area contributed by atoms with Crippen molar-refractivity contribution in [2.75, 3.05) is 0 Å². The van der Waals surface area contributed by atoms with Crippen LogP contribution in [0.15, 0.2) is 107 Å². The summed E-state index contributed by atoms with van der Waals surface area (Å²) in [5.41, 5.74) is 5.83. The highest BCUT2D eigenvalue weighted by Crippen LogP contribution is 2.26. The van der Waals surface area contributed by atoms with E-state index in [-0.39, 0.29) is 11.6 Å². The van der Waals surface area contributed by atoms with Crippen molar-refractivity contribution >= 4 is 28.7 Å². The van der Waals surface area contributed by atoms with Gasteiger partial charge in [0.15, 0.2) is 0 Å². The number of benzene rings is 3. The van der Waals surface area contributed by atoms with Crippen molar-refractivity contribution in [3.63, 3.8) is 0 Å². The Balaban J connectivity index is 1.37. The van der Waals surface area contributed by atoms with Crippen molar-refractivity contribution < 1.29 is 14.1 Å². The third kappa shape index (κ3) is 4.67. The first-order valence-electron chi connectivity index (χ1n) is 10.7. The summed E-state index contributed by atoms with van der Waals surface area (Å²) in [7, 11) is 0. The van der Waals surface area contributed by atoms with Crippen molar-refractivity contribution in [1.29, 1.82) is 0 Å². The van der Waals surface area contributed by atoms with E-state index in [1.165, 1.54) is 18.3 Å². The van der Waals surface area contributed by atoms with E-state index in [1.54, 1.807) is 30.3 Å². The minimum absolute atomic E-state index is 0.0270. The first kappa shape index (κ1) is 21.7. The lowest BCUT2D eigenvalue weighted by molar-refractivity contribution is -0.384. The van der Waals surface area contributed by atoms with Crippen molar-refractivity contribution in [2.45, 2.75) is 0 Å². The molecule has 0 radical (unpaired) electrons. The normalized spacial score (nSPS) is 11.1. The number of nitrogens with one attached hydrogen (secondary N) is 1. The number of rotatable bonds is 6. The number of hydrogen-bond acceptors (Lipinski definition) is 6. The molecule has 5 rings (SSSR count). The molecule has 35 heavy (non-hydrogen) atoms. The number of carbonyl (C=O) groups is 1. The summed E-state index contributed by atoms with van der Waals surface area (Å²) in [4.78, 5) is 28.2.